The number of fused-ring (bicyclic) bond motifs is 1. The Balaban J connectivity index is 0.000000574. The number of nitrogens with zero attached hydrogens (tertiary/aromatic N) is 2. The van der Waals surface area contributed by atoms with Crippen molar-refractivity contribution in [3.05, 3.63) is 29.0 Å². The molecule has 0 saturated heterocycles. The first-order valence-corrected chi connectivity index (χ1v) is 6.53. The Bertz CT molecular complexity index is 612. The molecule has 0 atom stereocenters. The van der Waals surface area contributed by atoms with Crippen molar-refractivity contribution < 1.29 is 0 Å². The zero-order chi connectivity index (χ0) is 13.3. The second kappa shape index (κ2) is 4.45. The molecule has 1 saturated carbocycles. The van der Waals surface area contributed by atoms with E-state index in [1.807, 2.05) is 20.0 Å². The van der Waals surface area contributed by atoms with E-state index >= 15 is 0 Å². The maximum absolute atomic E-state index is 9.31. The molecule has 2 aromatic rings. The van der Waals surface area contributed by atoms with Crippen LogP contribution in [-0.4, -0.2) is 10.2 Å². The van der Waals surface area contributed by atoms with Crippen LogP contribution in [0, 0.1) is 25.2 Å². The third-order valence-corrected chi connectivity index (χ3v) is 3.65. The van der Waals surface area contributed by atoms with Crippen molar-refractivity contribution in [1.82, 2.24) is 10.2 Å². The summed E-state index contributed by atoms with van der Waals surface area (Å²) in [7, 11) is 0. The minimum Gasteiger partial charge on any atom is -0.278 e. The molecule has 1 fully saturated rings. The normalized spacial score (nSPS) is 15.7. The van der Waals surface area contributed by atoms with Gasteiger partial charge < -0.3 is 0 Å². The van der Waals surface area contributed by atoms with Gasteiger partial charge in [-0.3, -0.25) is 5.10 Å². The van der Waals surface area contributed by atoms with E-state index in [1.54, 1.807) is 0 Å². The smallest absolute Gasteiger partial charge is 0.0829 e. The van der Waals surface area contributed by atoms with Crippen LogP contribution < -0.4 is 0 Å². The molecule has 0 spiro atoms. The molecule has 1 aromatic carbocycles. The fraction of sp³-hybridized carbons (Fsp3) is 0.467. The summed E-state index contributed by atoms with van der Waals surface area (Å²) in [6, 6.07) is 4.58. The molecular weight excluding hydrogens is 222 g/mol. The fourth-order valence-corrected chi connectivity index (χ4v) is 2.70. The van der Waals surface area contributed by atoms with Crippen molar-refractivity contribution >= 4 is 10.9 Å². The van der Waals surface area contributed by atoms with E-state index in [9.17, 15) is 5.26 Å². The van der Waals surface area contributed by atoms with Crippen molar-refractivity contribution in [3.63, 3.8) is 0 Å². The van der Waals surface area contributed by atoms with Crippen LogP contribution in [0.4, 0.5) is 0 Å². The Hall–Kier alpha value is -1.82. The molecule has 3 rings (SSSR count). The van der Waals surface area contributed by atoms with Crippen molar-refractivity contribution in [1.29, 1.82) is 5.26 Å². The Morgan fingerprint density at radius 1 is 1.33 bits per heavy atom. The van der Waals surface area contributed by atoms with Gasteiger partial charge in [-0.05, 0) is 49.4 Å². The van der Waals surface area contributed by atoms with Gasteiger partial charge in [-0.2, -0.15) is 10.4 Å². The Morgan fingerprint density at radius 2 is 2.00 bits per heavy atom. The van der Waals surface area contributed by atoms with Gasteiger partial charge in [-0.15, -0.1) is 0 Å². The van der Waals surface area contributed by atoms with Crippen LogP contribution in [0.1, 0.15) is 43.4 Å². The number of nitrogens with one attached hydrogen (secondary N) is 1. The maximum atomic E-state index is 9.31. The summed E-state index contributed by atoms with van der Waals surface area (Å²) in [5, 5.41) is 17.5. The third kappa shape index (κ3) is 1.69. The van der Waals surface area contributed by atoms with Crippen molar-refractivity contribution in [3.8, 4) is 6.07 Å². The highest BCUT2D eigenvalue weighted by Crippen LogP contribution is 2.50. The highest BCUT2D eigenvalue weighted by Gasteiger charge is 2.46. The molecule has 0 bridgehead atoms. The monoisotopic (exact) mass is 241 g/mol. The maximum Gasteiger partial charge on any atom is 0.0829 e. The number of rotatable bonds is 1. The summed E-state index contributed by atoms with van der Waals surface area (Å²) in [5.74, 6) is 0. The van der Waals surface area contributed by atoms with E-state index in [0.717, 1.165) is 23.7 Å². The Labute approximate surface area is 108 Å². The van der Waals surface area contributed by atoms with Crippen LogP contribution in [0.5, 0.6) is 0 Å². The van der Waals surface area contributed by atoms with Gasteiger partial charge in [0.15, 0.2) is 0 Å². The SMILES string of the molecule is CC.Cc1cc2[nH]ncc2c(C)c1C1(C#N)CC1. The standard InChI is InChI=1S/C13H13N3.C2H6/c1-8-5-11-10(6-15-16-11)9(2)12(8)13(7-14)3-4-13;1-2/h5-6H,3-4H2,1-2H3,(H,15,16);1-2H3. The van der Waals surface area contributed by atoms with Gasteiger partial charge in [-0.1, -0.05) is 13.8 Å². The first-order valence-electron chi connectivity index (χ1n) is 6.53. The van der Waals surface area contributed by atoms with Gasteiger partial charge in [0.05, 0.1) is 23.2 Å². The summed E-state index contributed by atoms with van der Waals surface area (Å²) >= 11 is 0. The molecule has 0 aliphatic heterocycles. The van der Waals surface area contributed by atoms with Gasteiger partial charge in [0.2, 0.25) is 0 Å². The van der Waals surface area contributed by atoms with E-state index in [1.165, 1.54) is 16.7 Å². The summed E-state index contributed by atoms with van der Waals surface area (Å²) in [5.41, 5.74) is 4.49. The predicted octanol–water partition coefficient (Wildman–Crippen LogP) is 3.76. The van der Waals surface area contributed by atoms with E-state index in [0.29, 0.717) is 0 Å². The lowest BCUT2D eigenvalue weighted by atomic mass is 9.87. The second-order valence-corrected chi connectivity index (χ2v) is 4.72. The van der Waals surface area contributed by atoms with Crippen LogP contribution in [0.3, 0.4) is 0 Å². The number of hydrogen-bond donors (Lipinski definition) is 1. The molecule has 3 heteroatoms. The van der Waals surface area contributed by atoms with Gasteiger partial charge in [0, 0.05) is 5.39 Å². The molecule has 18 heavy (non-hydrogen) atoms. The summed E-state index contributed by atoms with van der Waals surface area (Å²) in [6.45, 7) is 8.18. The van der Waals surface area contributed by atoms with Crippen LogP contribution in [-0.2, 0) is 5.41 Å². The summed E-state index contributed by atoms with van der Waals surface area (Å²) in [4.78, 5) is 0. The first kappa shape index (κ1) is 12.6. The number of aryl methyl sites for hydroxylation is 2. The topological polar surface area (TPSA) is 52.5 Å². The van der Waals surface area contributed by atoms with Crippen LogP contribution in [0.25, 0.3) is 10.9 Å². The number of benzene rings is 1. The molecule has 3 nitrogen and oxygen atoms in total. The molecule has 0 amide bonds. The zero-order valence-electron chi connectivity index (χ0n) is 11.5. The first-order chi connectivity index (χ1) is 8.68. The average molecular weight is 241 g/mol. The van der Waals surface area contributed by atoms with Crippen molar-refractivity contribution in [2.45, 2.75) is 46.0 Å². The van der Waals surface area contributed by atoms with Crippen LogP contribution in [0.2, 0.25) is 0 Å². The number of nitriles is 1. The molecule has 1 N–H and O–H groups in total. The van der Waals surface area contributed by atoms with Crippen LogP contribution >= 0.6 is 0 Å². The minimum absolute atomic E-state index is 0.209. The highest BCUT2D eigenvalue weighted by molar-refractivity contribution is 5.84. The number of H-pyrrole nitrogens is 1. The lowest BCUT2D eigenvalue weighted by molar-refractivity contribution is 0.886. The summed E-state index contributed by atoms with van der Waals surface area (Å²) in [6.07, 6.45) is 3.84. The van der Waals surface area contributed by atoms with E-state index in [-0.39, 0.29) is 5.41 Å². The van der Waals surface area contributed by atoms with E-state index in [2.05, 4.69) is 36.2 Å². The molecule has 0 unspecified atom stereocenters. The highest BCUT2D eigenvalue weighted by atomic mass is 15.1. The molecule has 1 aliphatic rings. The van der Waals surface area contributed by atoms with Gasteiger partial charge in [-0.25, -0.2) is 0 Å². The Morgan fingerprint density at radius 3 is 2.56 bits per heavy atom. The second-order valence-electron chi connectivity index (χ2n) is 4.72. The number of aromatic amines is 1. The van der Waals surface area contributed by atoms with Crippen molar-refractivity contribution in [2.24, 2.45) is 0 Å². The molecular formula is C15H19N3. The van der Waals surface area contributed by atoms with Gasteiger partial charge in [0.25, 0.3) is 0 Å². The van der Waals surface area contributed by atoms with Crippen LogP contribution in [0.15, 0.2) is 12.3 Å². The quantitative estimate of drug-likeness (QED) is 0.826. The molecule has 1 aromatic heterocycles. The zero-order valence-corrected chi connectivity index (χ0v) is 11.5. The molecule has 0 radical (unpaired) electrons. The lowest BCUT2D eigenvalue weighted by Gasteiger charge is -2.14. The van der Waals surface area contributed by atoms with Crippen molar-refractivity contribution in [2.75, 3.05) is 0 Å². The van der Waals surface area contributed by atoms with Gasteiger partial charge in [0.1, 0.15) is 0 Å². The lowest BCUT2D eigenvalue weighted by Crippen LogP contribution is -2.08. The molecule has 1 aliphatic carbocycles. The Kier molecular flexibility index (Phi) is 3.13. The number of hydrogen-bond acceptors (Lipinski definition) is 2. The van der Waals surface area contributed by atoms with Gasteiger partial charge >= 0.3 is 0 Å². The predicted molar refractivity (Wildman–Crippen MR) is 73.4 cm³/mol. The largest absolute Gasteiger partial charge is 0.278 e. The third-order valence-electron chi connectivity index (χ3n) is 3.65. The fourth-order valence-electron chi connectivity index (χ4n) is 2.70. The van der Waals surface area contributed by atoms with E-state index < -0.39 is 0 Å². The average Bonchev–Trinajstić information content (AvgIpc) is 3.02. The number of aromatic nitrogens is 2. The minimum atomic E-state index is -0.209. The molecule has 94 valence electrons. The summed E-state index contributed by atoms with van der Waals surface area (Å²) < 4.78 is 0. The van der Waals surface area contributed by atoms with E-state index in [4.69, 9.17) is 0 Å². The molecule has 1 heterocycles.